The van der Waals surface area contributed by atoms with Crippen molar-refractivity contribution < 1.29 is 13.4 Å². The van der Waals surface area contributed by atoms with Gasteiger partial charge < -0.3 is 23.3 Å². The number of H-pyrrole nitrogens is 6. The Labute approximate surface area is 360 Å². The summed E-state index contributed by atoms with van der Waals surface area (Å²) in [5.74, 6) is 0.00449. The summed E-state index contributed by atoms with van der Waals surface area (Å²) in [5, 5.41) is 12.6. The van der Waals surface area contributed by atoms with E-state index in [0.29, 0.717) is 11.8 Å². The summed E-state index contributed by atoms with van der Waals surface area (Å²) >= 11 is 3.75. The van der Waals surface area contributed by atoms with E-state index in [4.69, 9.17) is 8.94 Å². The summed E-state index contributed by atoms with van der Waals surface area (Å²) in [6, 6.07) is 0. The number of aromatic amines is 6. The molecule has 0 aliphatic heterocycles. The Morgan fingerprint density at radius 1 is 0.517 bits per heavy atom. The number of hydrogen-bond acceptors (Lipinski definition) is 15. The molecular weight excluding hydrogens is 835 g/mol. The van der Waals surface area contributed by atoms with E-state index >= 15 is 0 Å². The van der Waals surface area contributed by atoms with Crippen molar-refractivity contribution in [3.8, 4) is 0 Å². The normalized spacial score (nSPS) is 11.9. The van der Waals surface area contributed by atoms with Gasteiger partial charge in [0, 0.05) is 54.6 Å². The molecule has 336 valence electrons. The third-order valence-corrected chi connectivity index (χ3v) is 9.74. The van der Waals surface area contributed by atoms with Gasteiger partial charge in [0.15, 0.2) is 0 Å². The summed E-state index contributed by atoms with van der Waals surface area (Å²) in [6.45, 7) is 36.1. The molecule has 0 saturated heterocycles. The van der Waals surface area contributed by atoms with Gasteiger partial charge >= 0.3 is 32.6 Å². The molecular formula is C39H63N9O9S3. The number of thiazole rings is 2. The minimum atomic E-state index is -0.495. The second-order valence-corrected chi connectivity index (χ2v) is 21.9. The summed E-state index contributed by atoms with van der Waals surface area (Å²) in [4.78, 5) is 79.0. The van der Waals surface area contributed by atoms with Gasteiger partial charge in [0.2, 0.25) is 11.8 Å². The SMILES string of the molecule is CC(C)(C)c1coc(=O)[nH]1.CC(C)(C)c1csc(=O)[nH]1.CC(C)(C)c1csc(=O)[nH]1.CC(C)(C)c1n[nH]c(=O)o1.CC(C)(C)c1nc(=O)[nH]o1.CC(C)(C)c1nc(=O)[nH]s1. The molecule has 0 atom stereocenters. The van der Waals surface area contributed by atoms with Crippen LogP contribution in [0.25, 0.3) is 0 Å². The van der Waals surface area contributed by atoms with E-state index in [0.717, 1.165) is 22.1 Å². The van der Waals surface area contributed by atoms with Crippen LogP contribution < -0.4 is 32.6 Å². The van der Waals surface area contributed by atoms with Gasteiger partial charge in [-0.15, -0.1) is 5.10 Å². The zero-order valence-corrected chi connectivity index (χ0v) is 40.4. The third kappa shape index (κ3) is 19.9. The molecule has 60 heavy (non-hydrogen) atoms. The number of oxazole rings is 1. The first-order valence-electron chi connectivity index (χ1n) is 18.7. The maximum absolute atomic E-state index is 10.7. The summed E-state index contributed by atoms with van der Waals surface area (Å²) in [6.07, 6.45) is 1.46. The fraction of sp³-hybridized carbons (Fsp3) is 0.615. The number of rotatable bonds is 0. The molecule has 0 amide bonds. The predicted octanol–water partition coefficient (Wildman–Crippen LogP) is 7.18. The molecule has 6 heterocycles. The van der Waals surface area contributed by atoms with Crippen molar-refractivity contribution in [2.45, 2.75) is 157 Å². The highest BCUT2D eigenvalue weighted by Gasteiger charge is 2.21. The van der Waals surface area contributed by atoms with E-state index in [-0.39, 0.29) is 53.7 Å². The molecule has 6 aromatic heterocycles. The Morgan fingerprint density at radius 2 is 0.983 bits per heavy atom. The lowest BCUT2D eigenvalue weighted by molar-refractivity contribution is 0.318. The maximum atomic E-state index is 10.7. The van der Waals surface area contributed by atoms with E-state index in [9.17, 15) is 28.8 Å². The van der Waals surface area contributed by atoms with Crippen molar-refractivity contribution in [3.05, 3.63) is 112 Å². The fourth-order valence-corrected chi connectivity index (χ4v) is 5.87. The second-order valence-electron chi connectivity index (χ2n) is 19.5. The molecule has 0 unspecified atom stereocenters. The van der Waals surface area contributed by atoms with Crippen LogP contribution in [0.3, 0.4) is 0 Å². The quantitative estimate of drug-likeness (QED) is 0.0885. The van der Waals surface area contributed by atoms with E-state index in [2.05, 4.69) is 90.6 Å². The second kappa shape index (κ2) is 21.1. The fourth-order valence-electron chi connectivity index (χ4n) is 3.59. The Hall–Kier alpha value is -4.89. The van der Waals surface area contributed by atoms with Crippen LogP contribution in [0.15, 0.2) is 59.1 Å². The zero-order chi connectivity index (χ0) is 46.7. The van der Waals surface area contributed by atoms with Crippen LogP contribution in [0.1, 0.15) is 158 Å². The average Bonchev–Trinajstić information content (AvgIpc) is 3.90. The van der Waals surface area contributed by atoms with E-state index in [1.165, 1.54) is 40.5 Å². The molecule has 0 aromatic carbocycles. The van der Waals surface area contributed by atoms with Gasteiger partial charge in [0.1, 0.15) is 11.3 Å². The summed E-state index contributed by atoms with van der Waals surface area (Å²) in [7, 11) is 0. The van der Waals surface area contributed by atoms with Crippen LogP contribution in [-0.4, -0.2) is 44.6 Å². The third-order valence-electron chi connectivity index (χ3n) is 7.22. The van der Waals surface area contributed by atoms with Crippen LogP contribution in [0.2, 0.25) is 0 Å². The van der Waals surface area contributed by atoms with Crippen molar-refractivity contribution in [3.63, 3.8) is 0 Å². The molecule has 6 N–H and O–H groups in total. The van der Waals surface area contributed by atoms with Crippen molar-refractivity contribution in [1.29, 1.82) is 0 Å². The summed E-state index contributed by atoms with van der Waals surface area (Å²) in [5.41, 5.74) is 1.90. The van der Waals surface area contributed by atoms with Gasteiger partial charge in [-0.2, -0.15) is 15.1 Å². The molecule has 6 aromatic rings. The van der Waals surface area contributed by atoms with Gasteiger partial charge in [-0.05, 0) is 11.5 Å². The van der Waals surface area contributed by atoms with Crippen LogP contribution in [-0.2, 0) is 32.5 Å². The van der Waals surface area contributed by atoms with Crippen molar-refractivity contribution in [2.24, 2.45) is 0 Å². The lowest BCUT2D eigenvalue weighted by atomic mass is 9.93. The molecule has 6 rings (SSSR count). The Bertz CT molecular complexity index is 2050. The van der Waals surface area contributed by atoms with Crippen LogP contribution in [0.5, 0.6) is 0 Å². The molecule has 0 aliphatic carbocycles. The molecule has 0 saturated carbocycles. The number of aromatic nitrogens is 9. The average molecular weight is 898 g/mol. The highest BCUT2D eigenvalue weighted by Crippen LogP contribution is 2.22. The molecule has 18 nitrogen and oxygen atoms in total. The highest BCUT2D eigenvalue weighted by molar-refractivity contribution is 7.07. The minimum absolute atomic E-state index is 0.0101. The molecule has 0 spiro atoms. The van der Waals surface area contributed by atoms with Crippen LogP contribution in [0.4, 0.5) is 0 Å². The highest BCUT2D eigenvalue weighted by atomic mass is 32.1. The van der Waals surface area contributed by atoms with Gasteiger partial charge in [0.25, 0.3) is 0 Å². The lowest BCUT2D eigenvalue weighted by Crippen LogP contribution is -2.13. The molecule has 21 heteroatoms. The maximum Gasteiger partial charge on any atom is 0.434 e. The van der Waals surface area contributed by atoms with Gasteiger partial charge in [-0.3, -0.25) is 18.9 Å². The number of nitrogens with zero attached hydrogens (tertiary/aromatic N) is 3. The molecule has 0 bridgehead atoms. The van der Waals surface area contributed by atoms with E-state index < -0.39 is 11.4 Å². The lowest BCUT2D eigenvalue weighted by Gasteiger charge is -2.14. The standard InChI is InChI=1S/C7H11NO2.2C7H11NOS.2C6H10N2O2.C6H10N2OS/c3*1-7(2,3)5-4-10-6(9)8-5;1-6(2,3)4-7-8-5(9)10-4;2*1-6(2,3)4-7-5(9)8-10-4/h3*4H,1-3H3,(H,8,9);3*1-3H3,(H,8,9). The molecule has 0 radical (unpaired) electrons. The van der Waals surface area contributed by atoms with Crippen LogP contribution >= 0.6 is 34.2 Å². The number of nitrogens with one attached hydrogen (secondary N) is 6. The predicted molar refractivity (Wildman–Crippen MR) is 238 cm³/mol. The molecule has 0 fully saturated rings. The van der Waals surface area contributed by atoms with E-state index in [1.807, 2.05) is 93.8 Å². The first-order chi connectivity index (χ1) is 27.0. The van der Waals surface area contributed by atoms with Crippen molar-refractivity contribution in [1.82, 2.24) is 44.6 Å². The zero-order valence-electron chi connectivity index (χ0n) is 38.0. The first kappa shape index (κ1) is 53.1. The van der Waals surface area contributed by atoms with E-state index in [1.54, 1.807) is 0 Å². The van der Waals surface area contributed by atoms with Crippen LogP contribution in [0, 0.1) is 0 Å². The van der Waals surface area contributed by atoms with Crippen molar-refractivity contribution in [2.75, 3.05) is 0 Å². The smallest absolute Gasteiger partial charge is 0.416 e. The Balaban J connectivity index is 0.000000360. The van der Waals surface area contributed by atoms with Gasteiger partial charge in [-0.1, -0.05) is 147 Å². The number of hydrogen-bond donors (Lipinski definition) is 6. The Kier molecular flexibility index (Phi) is 18.7. The Morgan fingerprint density at radius 3 is 1.15 bits per heavy atom. The van der Waals surface area contributed by atoms with Gasteiger partial charge in [-0.25, -0.2) is 24.3 Å². The topological polar surface area (TPSA) is 275 Å². The van der Waals surface area contributed by atoms with Gasteiger partial charge in [0.05, 0.1) is 5.69 Å². The first-order valence-corrected chi connectivity index (χ1v) is 21.3. The molecule has 0 aliphatic rings. The monoisotopic (exact) mass is 897 g/mol. The van der Waals surface area contributed by atoms with Crippen molar-refractivity contribution >= 4 is 34.2 Å². The summed E-state index contributed by atoms with van der Waals surface area (Å²) < 4.78 is 16.6. The largest absolute Gasteiger partial charge is 0.434 e. The minimum Gasteiger partial charge on any atom is -0.416 e.